The topological polar surface area (TPSA) is 6.48 Å². The first-order valence-corrected chi connectivity index (χ1v) is 4.41. The summed E-state index contributed by atoms with van der Waals surface area (Å²) in [5.41, 5.74) is 1.02. The van der Waals surface area contributed by atoms with Crippen molar-refractivity contribution in [2.45, 2.75) is 0 Å². The molecule has 0 aromatic heterocycles. The fourth-order valence-corrected chi connectivity index (χ4v) is 0.800. The van der Waals surface area contributed by atoms with E-state index in [4.69, 9.17) is 0 Å². The van der Waals surface area contributed by atoms with E-state index in [0.29, 0.717) is 0 Å². The summed E-state index contributed by atoms with van der Waals surface area (Å²) < 4.78 is 0. The summed E-state index contributed by atoms with van der Waals surface area (Å²) in [7, 11) is 6.17. The van der Waals surface area contributed by atoms with Crippen molar-refractivity contribution < 1.29 is 0 Å². The summed E-state index contributed by atoms with van der Waals surface area (Å²) >= 11 is 0. The Morgan fingerprint density at radius 1 is 1.23 bits per heavy atom. The van der Waals surface area contributed by atoms with Crippen LogP contribution in [0, 0.1) is 0 Å². The molecule has 2 heteroatoms. The zero-order chi connectivity index (χ0) is 10.3. The van der Waals surface area contributed by atoms with Gasteiger partial charge in [0.05, 0.1) is 0 Å². The van der Waals surface area contributed by atoms with E-state index in [1.54, 1.807) is 6.08 Å². The molecule has 13 heavy (non-hydrogen) atoms. The van der Waals surface area contributed by atoms with Crippen LogP contribution >= 0.6 is 0 Å². The molecule has 0 radical (unpaired) electrons. The molecule has 0 aliphatic carbocycles. The fourth-order valence-electron chi connectivity index (χ4n) is 0.800. The molecule has 0 unspecified atom stereocenters. The molecule has 0 amide bonds. The highest BCUT2D eigenvalue weighted by molar-refractivity contribution is 5.16. The average molecular weight is 180 g/mol. The molecular formula is C11H20N2. The van der Waals surface area contributed by atoms with E-state index in [1.165, 1.54) is 0 Å². The quantitative estimate of drug-likeness (QED) is 0.574. The number of hydrogen-bond acceptors (Lipinski definition) is 2. The van der Waals surface area contributed by atoms with Gasteiger partial charge in [0.1, 0.15) is 0 Å². The van der Waals surface area contributed by atoms with Crippen LogP contribution in [0.25, 0.3) is 0 Å². The van der Waals surface area contributed by atoms with Crippen molar-refractivity contribution in [3.05, 3.63) is 37.1 Å². The smallest absolute Gasteiger partial charge is 0.0302 e. The number of allylic oxidation sites excluding steroid dienone is 3. The molecule has 0 aliphatic rings. The highest BCUT2D eigenvalue weighted by Crippen LogP contribution is 1.99. The summed E-state index contributed by atoms with van der Waals surface area (Å²) in [6.45, 7) is 9.59. The molecule has 0 bridgehead atoms. The molecule has 2 nitrogen and oxygen atoms in total. The lowest BCUT2D eigenvalue weighted by molar-refractivity contribution is 0.331. The third-order valence-corrected chi connectivity index (χ3v) is 1.80. The molecule has 0 rings (SSSR count). The largest absolute Gasteiger partial charge is 0.374 e. The van der Waals surface area contributed by atoms with E-state index in [1.807, 2.05) is 19.2 Å². The van der Waals surface area contributed by atoms with Gasteiger partial charge in [-0.15, -0.1) is 0 Å². The van der Waals surface area contributed by atoms with Crippen LogP contribution in [0.4, 0.5) is 0 Å². The summed E-state index contributed by atoms with van der Waals surface area (Å²) in [5, 5.41) is 0. The van der Waals surface area contributed by atoms with Gasteiger partial charge in [0, 0.05) is 25.8 Å². The Balaban J connectivity index is 3.82. The molecule has 0 saturated carbocycles. The minimum absolute atomic E-state index is 0.993. The van der Waals surface area contributed by atoms with Gasteiger partial charge in [0.25, 0.3) is 0 Å². The van der Waals surface area contributed by atoms with Crippen LogP contribution in [0.2, 0.25) is 0 Å². The molecule has 0 heterocycles. The molecule has 0 saturated heterocycles. The SMILES string of the molecule is C=C/C=C\C(=C)N(C)CCN(C)C. The Morgan fingerprint density at radius 3 is 2.31 bits per heavy atom. The molecule has 0 fully saturated rings. The van der Waals surface area contributed by atoms with Crippen LogP contribution in [0.15, 0.2) is 37.1 Å². The zero-order valence-corrected chi connectivity index (χ0v) is 8.95. The lowest BCUT2D eigenvalue weighted by Crippen LogP contribution is -2.27. The maximum absolute atomic E-state index is 3.94. The van der Waals surface area contributed by atoms with Gasteiger partial charge in [-0.25, -0.2) is 0 Å². The van der Waals surface area contributed by atoms with Crippen molar-refractivity contribution in [1.29, 1.82) is 0 Å². The van der Waals surface area contributed by atoms with Gasteiger partial charge in [-0.05, 0) is 20.2 Å². The first-order valence-electron chi connectivity index (χ1n) is 4.41. The van der Waals surface area contributed by atoms with Gasteiger partial charge in [0.15, 0.2) is 0 Å². The number of likely N-dealkylation sites (N-methyl/N-ethyl adjacent to an activating group) is 2. The number of rotatable bonds is 6. The Morgan fingerprint density at radius 2 is 1.85 bits per heavy atom. The molecule has 74 valence electrons. The Kier molecular flexibility index (Phi) is 5.98. The summed E-state index contributed by atoms with van der Waals surface area (Å²) in [6, 6.07) is 0. The standard InChI is InChI=1S/C11H20N2/c1-6-7-8-11(2)13(5)10-9-12(3)4/h6-8H,1-2,9-10H2,3-5H3/b8-7-. The Bertz CT molecular complexity index is 192. The van der Waals surface area contributed by atoms with Crippen molar-refractivity contribution in [1.82, 2.24) is 9.80 Å². The monoisotopic (exact) mass is 180 g/mol. The molecule has 0 aromatic carbocycles. The van der Waals surface area contributed by atoms with Gasteiger partial charge in [-0.1, -0.05) is 25.3 Å². The van der Waals surface area contributed by atoms with Crippen molar-refractivity contribution in [3.63, 3.8) is 0 Å². The number of nitrogens with zero attached hydrogens (tertiary/aromatic N) is 2. The zero-order valence-electron chi connectivity index (χ0n) is 8.95. The van der Waals surface area contributed by atoms with Gasteiger partial charge >= 0.3 is 0 Å². The summed E-state index contributed by atoms with van der Waals surface area (Å²) in [4.78, 5) is 4.28. The maximum atomic E-state index is 3.94. The maximum Gasteiger partial charge on any atom is 0.0302 e. The van der Waals surface area contributed by atoms with E-state index < -0.39 is 0 Å². The Labute approximate surface area is 81.8 Å². The lowest BCUT2D eigenvalue weighted by atomic mass is 10.3. The first-order chi connectivity index (χ1) is 6.07. The fraction of sp³-hybridized carbons (Fsp3) is 0.455. The molecule has 0 atom stereocenters. The minimum atomic E-state index is 0.993. The molecule has 0 aliphatic heterocycles. The van der Waals surface area contributed by atoms with E-state index in [2.05, 4.69) is 37.1 Å². The Hall–Kier alpha value is -1.02. The van der Waals surface area contributed by atoms with Crippen LogP contribution < -0.4 is 0 Å². The molecular weight excluding hydrogens is 160 g/mol. The van der Waals surface area contributed by atoms with Crippen molar-refractivity contribution in [3.8, 4) is 0 Å². The van der Waals surface area contributed by atoms with Crippen molar-refractivity contribution >= 4 is 0 Å². The highest BCUT2D eigenvalue weighted by atomic mass is 15.2. The normalized spacial score (nSPS) is 10.8. The molecule has 0 spiro atoms. The summed E-state index contributed by atoms with van der Waals surface area (Å²) in [6.07, 6.45) is 5.61. The van der Waals surface area contributed by atoms with Gasteiger partial charge in [-0.3, -0.25) is 0 Å². The van der Waals surface area contributed by atoms with E-state index in [9.17, 15) is 0 Å². The third kappa shape index (κ3) is 6.17. The van der Waals surface area contributed by atoms with Crippen molar-refractivity contribution in [2.75, 3.05) is 34.2 Å². The second kappa shape index (κ2) is 6.49. The van der Waals surface area contributed by atoms with Gasteiger partial charge < -0.3 is 9.80 Å². The average Bonchev–Trinajstić information content (AvgIpc) is 2.10. The second-order valence-corrected chi connectivity index (χ2v) is 3.31. The number of hydrogen-bond donors (Lipinski definition) is 0. The van der Waals surface area contributed by atoms with Gasteiger partial charge in [0.2, 0.25) is 0 Å². The van der Waals surface area contributed by atoms with Crippen LogP contribution in [0.3, 0.4) is 0 Å². The predicted molar refractivity (Wildman–Crippen MR) is 59.7 cm³/mol. The predicted octanol–water partition coefficient (Wildman–Crippen LogP) is 1.74. The first kappa shape index (κ1) is 12.0. The lowest BCUT2D eigenvalue weighted by Gasteiger charge is -2.21. The van der Waals surface area contributed by atoms with Crippen LogP contribution in [-0.2, 0) is 0 Å². The van der Waals surface area contributed by atoms with E-state index >= 15 is 0 Å². The van der Waals surface area contributed by atoms with E-state index in [0.717, 1.165) is 18.8 Å². The van der Waals surface area contributed by atoms with Gasteiger partial charge in [-0.2, -0.15) is 0 Å². The van der Waals surface area contributed by atoms with Crippen LogP contribution in [0.5, 0.6) is 0 Å². The third-order valence-electron chi connectivity index (χ3n) is 1.80. The minimum Gasteiger partial charge on any atom is -0.374 e. The second-order valence-electron chi connectivity index (χ2n) is 3.31. The molecule has 0 N–H and O–H groups in total. The van der Waals surface area contributed by atoms with Crippen LogP contribution in [0.1, 0.15) is 0 Å². The van der Waals surface area contributed by atoms with Crippen LogP contribution in [-0.4, -0.2) is 44.0 Å². The highest BCUT2D eigenvalue weighted by Gasteiger charge is 1.98. The van der Waals surface area contributed by atoms with E-state index in [-0.39, 0.29) is 0 Å². The summed E-state index contributed by atoms with van der Waals surface area (Å²) in [5.74, 6) is 0. The van der Waals surface area contributed by atoms with Crippen molar-refractivity contribution in [2.24, 2.45) is 0 Å². The molecule has 0 aromatic rings.